The number of fused-ring (bicyclic) bond motifs is 9. The van der Waals surface area contributed by atoms with Crippen molar-refractivity contribution in [1.82, 2.24) is 0 Å². The van der Waals surface area contributed by atoms with Crippen molar-refractivity contribution in [3.63, 3.8) is 0 Å². The number of nitrogens with zero attached hydrogens (tertiary/aromatic N) is 2. The molecule has 0 spiro atoms. The van der Waals surface area contributed by atoms with Gasteiger partial charge in [0.15, 0.2) is 0 Å². The third-order valence-corrected chi connectivity index (χ3v) is 20.0. The van der Waals surface area contributed by atoms with Crippen molar-refractivity contribution in [2.24, 2.45) is 27.1 Å². The zero-order valence-electron chi connectivity index (χ0n) is 47.9. The maximum Gasteiger partial charge on any atom is 0.0546 e. The Morgan fingerprint density at radius 2 is 0.658 bits per heavy atom. The van der Waals surface area contributed by atoms with E-state index in [-0.39, 0.29) is 0 Å². The molecule has 0 saturated heterocycles. The molecule has 76 heavy (non-hydrogen) atoms. The van der Waals surface area contributed by atoms with Crippen LogP contribution in [0.2, 0.25) is 0 Å². The summed E-state index contributed by atoms with van der Waals surface area (Å²) in [4.78, 5) is 5.34. The lowest BCUT2D eigenvalue weighted by Crippen LogP contribution is -2.23. The van der Waals surface area contributed by atoms with E-state index in [1.165, 1.54) is 168 Å². The monoisotopic (exact) mass is 1000 g/mol. The SMILES string of the molecule is CC1(C)CCC(c2ccc3c(c2)c(N(c2ccc4c(c2)CCC(C)(C)C4)c2ccc4c(c2)CCC(C)(C)C4)cc2c4ccccc4c(N(c4ccc5c(c4)CCC(C)(C)C5)c4ccc5c(c4)CCC(C)(C)C5)cc32)CC1. The van der Waals surface area contributed by atoms with Crippen LogP contribution >= 0.6 is 0 Å². The van der Waals surface area contributed by atoms with Gasteiger partial charge in [-0.05, 0) is 274 Å². The predicted octanol–water partition coefficient (Wildman–Crippen LogP) is 20.8. The van der Waals surface area contributed by atoms with Crippen LogP contribution in [-0.4, -0.2) is 0 Å². The molecule has 0 N–H and O–H groups in total. The van der Waals surface area contributed by atoms with Crippen LogP contribution < -0.4 is 9.80 Å². The largest absolute Gasteiger partial charge is 0.310 e. The first kappa shape index (κ1) is 49.7. The lowest BCUT2D eigenvalue weighted by atomic mass is 9.71. The number of anilines is 6. The first-order chi connectivity index (χ1) is 36.2. The Morgan fingerprint density at radius 3 is 1.05 bits per heavy atom. The summed E-state index contributed by atoms with van der Waals surface area (Å²) in [5.74, 6) is 0.556. The molecule has 8 aromatic rings. The summed E-state index contributed by atoms with van der Waals surface area (Å²) < 4.78 is 0. The topological polar surface area (TPSA) is 6.48 Å². The van der Waals surface area contributed by atoms with Crippen molar-refractivity contribution in [2.45, 2.75) is 178 Å². The van der Waals surface area contributed by atoms with Gasteiger partial charge in [0, 0.05) is 33.5 Å². The van der Waals surface area contributed by atoms with Crippen molar-refractivity contribution >= 4 is 66.4 Å². The second-order valence-electron chi connectivity index (χ2n) is 29.0. The normalized spacial score (nSPS) is 20.1. The summed E-state index contributed by atoms with van der Waals surface area (Å²) in [7, 11) is 0. The van der Waals surface area contributed by atoms with Crippen LogP contribution in [0.25, 0.3) is 32.3 Å². The highest BCUT2D eigenvalue weighted by molar-refractivity contribution is 6.24. The molecule has 390 valence electrons. The molecule has 5 aliphatic carbocycles. The Morgan fingerprint density at radius 1 is 0.303 bits per heavy atom. The van der Waals surface area contributed by atoms with Gasteiger partial charge in [-0.15, -0.1) is 0 Å². The van der Waals surface area contributed by atoms with Gasteiger partial charge in [0.25, 0.3) is 0 Å². The average molecular weight is 1000 g/mol. The lowest BCUT2D eigenvalue weighted by Gasteiger charge is -2.36. The minimum absolute atomic E-state index is 0.323. The molecule has 0 bridgehead atoms. The van der Waals surface area contributed by atoms with Gasteiger partial charge < -0.3 is 9.80 Å². The van der Waals surface area contributed by atoms with Crippen LogP contribution in [0.15, 0.2) is 127 Å². The first-order valence-electron chi connectivity index (χ1n) is 29.7. The zero-order valence-corrected chi connectivity index (χ0v) is 47.9. The molecule has 0 atom stereocenters. The maximum atomic E-state index is 2.69. The van der Waals surface area contributed by atoms with E-state index < -0.39 is 0 Å². The molecule has 0 aromatic heterocycles. The van der Waals surface area contributed by atoms with Crippen LogP contribution in [-0.2, 0) is 51.4 Å². The highest BCUT2D eigenvalue weighted by Crippen LogP contribution is 2.52. The van der Waals surface area contributed by atoms with Gasteiger partial charge in [-0.25, -0.2) is 0 Å². The molecule has 0 heterocycles. The predicted molar refractivity (Wildman–Crippen MR) is 327 cm³/mol. The molecule has 0 aliphatic heterocycles. The highest BCUT2D eigenvalue weighted by atomic mass is 15.2. The second kappa shape index (κ2) is 18.1. The Bertz CT molecular complexity index is 3460. The molecule has 0 amide bonds. The number of benzene rings is 8. The summed E-state index contributed by atoms with van der Waals surface area (Å²) in [5.41, 5.74) is 23.0. The van der Waals surface area contributed by atoms with Gasteiger partial charge in [0.1, 0.15) is 0 Å². The Labute approximate surface area is 456 Å². The summed E-state index contributed by atoms with van der Waals surface area (Å²) >= 11 is 0. The fourth-order valence-electron chi connectivity index (χ4n) is 15.1. The van der Waals surface area contributed by atoms with E-state index in [2.05, 4.69) is 206 Å². The van der Waals surface area contributed by atoms with Crippen LogP contribution in [0.1, 0.15) is 177 Å². The fourth-order valence-corrected chi connectivity index (χ4v) is 15.1. The van der Waals surface area contributed by atoms with E-state index in [1.807, 2.05) is 0 Å². The molecule has 2 heteroatoms. The van der Waals surface area contributed by atoms with Crippen LogP contribution in [0.5, 0.6) is 0 Å². The Kier molecular flexibility index (Phi) is 11.8. The minimum Gasteiger partial charge on any atom is -0.310 e. The molecule has 0 radical (unpaired) electrons. The molecule has 13 rings (SSSR count). The van der Waals surface area contributed by atoms with Crippen LogP contribution in [0, 0.1) is 27.1 Å². The molecular formula is C74H84N2. The van der Waals surface area contributed by atoms with Crippen LogP contribution in [0.4, 0.5) is 34.1 Å². The summed E-state index contributed by atoms with van der Waals surface area (Å²) in [6, 6.07) is 52.3. The number of aryl methyl sites for hydroxylation is 4. The van der Waals surface area contributed by atoms with Gasteiger partial charge in [0.05, 0.1) is 11.4 Å². The Hall–Kier alpha value is -5.86. The third kappa shape index (κ3) is 9.26. The molecule has 0 unspecified atom stereocenters. The second-order valence-corrected chi connectivity index (χ2v) is 29.0. The van der Waals surface area contributed by atoms with Crippen molar-refractivity contribution in [2.75, 3.05) is 9.80 Å². The Balaban J connectivity index is 1.07. The van der Waals surface area contributed by atoms with Gasteiger partial charge in [-0.2, -0.15) is 0 Å². The van der Waals surface area contributed by atoms with E-state index in [9.17, 15) is 0 Å². The van der Waals surface area contributed by atoms with Gasteiger partial charge in [-0.3, -0.25) is 0 Å². The summed E-state index contributed by atoms with van der Waals surface area (Å²) in [5, 5.41) is 7.93. The van der Waals surface area contributed by atoms with E-state index >= 15 is 0 Å². The standard InChI is InChI=1S/C74H84N2/c1-70(2)31-25-48(26-32-70)49-19-24-63-66-42-68(75(58-20-15-54-44-71(3,4)33-27-50(54)37-58)59-21-16-55-45-72(5,6)34-28-51(55)38-59)64-14-12-11-13-62(64)65(66)43-69(67(63)41-49)76(60-22-17-56-46-73(7,8)35-29-52(56)39-60)61-23-18-57-47-74(9,10)36-30-53(57)40-61/h11-24,37-43,48H,25-36,44-47H2,1-10H3. The molecule has 8 aromatic carbocycles. The third-order valence-electron chi connectivity index (χ3n) is 20.0. The van der Waals surface area contributed by atoms with E-state index in [4.69, 9.17) is 0 Å². The van der Waals surface area contributed by atoms with Gasteiger partial charge >= 0.3 is 0 Å². The van der Waals surface area contributed by atoms with Crippen molar-refractivity contribution in [3.05, 3.63) is 177 Å². The highest BCUT2D eigenvalue weighted by Gasteiger charge is 2.33. The van der Waals surface area contributed by atoms with Gasteiger partial charge in [-0.1, -0.05) is 130 Å². The van der Waals surface area contributed by atoms with Gasteiger partial charge in [0.2, 0.25) is 0 Å². The van der Waals surface area contributed by atoms with E-state index in [1.54, 1.807) is 0 Å². The van der Waals surface area contributed by atoms with E-state index in [0.717, 1.165) is 51.4 Å². The van der Waals surface area contributed by atoms with E-state index in [0.29, 0.717) is 33.0 Å². The zero-order chi connectivity index (χ0) is 52.5. The summed E-state index contributed by atoms with van der Waals surface area (Å²) in [6.07, 6.45) is 18.9. The first-order valence-corrected chi connectivity index (χ1v) is 29.7. The maximum absolute atomic E-state index is 2.69. The smallest absolute Gasteiger partial charge is 0.0546 e. The number of hydrogen-bond donors (Lipinski definition) is 0. The molecular weight excluding hydrogens is 917 g/mol. The van der Waals surface area contributed by atoms with Crippen LogP contribution in [0.3, 0.4) is 0 Å². The van der Waals surface area contributed by atoms with Crippen molar-refractivity contribution in [1.29, 1.82) is 0 Å². The lowest BCUT2D eigenvalue weighted by molar-refractivity contribution is 0.224. The molecule has 1 saturated carbocycles. The quantitative estimate of drug-likeness (QED) is 0.147. The fraction of sp³-hybridized carbons (Fsp3) is 0.432. The van der Waals surface area contributed by atoms with Crippen molar-refractivity contribution in [3.8, 4) is 0 Å². The molecule has 5 aliphatic rings. The minimum atomic E-state index is 0.323. The summed E-state index contributed by atoms with van der Waals surface area (Å²) in [6.45, 7) is 24.5. The van der Waals surface area contributed by atoms with Crippen molar-refractivity contribution < 1.29 is 0 Å². The molecule has 2 nitrogen and oxygen atoms in total. The average Bonchev–Trinajstić information content (AvgIpc) is 3.47. The number of rotatable bonds is 7. The number of hydrogen-bond acceptors (Lipinski definition) is 2. The molecule has 1 fully saturated rings.